The number of hydrogen-bond donors (Lipinski definition) is 2. The zero-order valence-electron chi connectivity index (χ0n) is 38.6. The van der Waals surface area contributed by atoms with Gasteiger partial charge in [-0.3, -0.25) is 9.59 Å². The molecular weight excluding hydrogens is 832 g/mol. The Morgan fingerprint density at radius 1 is 0.714 bits per heavy atom. The van der Waals surface area contributed by atoms with E-state index in [-0.39, 0.29) is 66.2 Å². The minimum Gasteiger partial charge on any atom is -0.490 e. The Morgan fingerprint density at radius 3 is 1.86 bits per heavy atom. The smallest absolute Gasteiger partial charge is 0.221 e. The minimum absolute atomic E-state index is 0.0269. The van der Waals surface area contributed by atoms with Crippen molar-refractivity contribution in [1.29, 1.82) is 0 Å². The maximum Gasteiger partial charge on any atom is 0.221 e. The van der Waals surface area contributed by atoms with Crippen LogP contribution >= 0.6 is 11.6 Å². The Bertz CT molecular complexity index is 2480. The molecule has 0 spiro atoms. The number of hydrogen-bond acceptors (Lipinski definition) is 8. The third-order valence-corrected chi connectivity index (χ3v) is 12.1. The predicted molar refractivity (Wildman–Crippen MR) is 255 cm³/mol. The topological polar surface area (TPSA) is 120 Å². The van der Waals surface area contributed by atoms with Gasteiger partial charge in [0.1, 0.15) is 23.9 Å². The molecule has 5 aromatic carbocycles. The van der Waals surface area contributed by atoms with E-state index >= 15 is 0 Å². The lowest BCUT2D eigenvalue weighted by Gasteiger charge is -2.26. The van der Waals surface area contributed by atoms with E-state index in [1.807, 2.05) is 37.3 Å². The predicted octanol–water partition coefficient (Wildman–Crippen LogP) is 13.2. The van der Waals surface area contributed by atoms with Gasteiger partial charge in [0.25, 0.3) is 0 Å². The molecule has 0 saturated heterocycles. The van der Waals surface area contributed by atoms with E-state index in [9.17, 15) is 18.0 Å². The van der Waals surface area contributed by atoms with Gasteiger partial charge in [0.15, 0.2) is 11.5 Å². The molecule has 0 saturated carbocycles. The zero-order valence-corrected chi connectivity index (χ0v) is 40.1. The highest BCUT2D eigenvalue weighted by molar-refractivity contribution is 7.91. The first-order valence-electron chi connectivity index (χ1n) is 21.4. The van der Waals surface area contributed by atoms with Gasteiger partial charge in [-0.15, -0.1) is 0 Å². The molecule has 0 aliphatic heterocycles. The van der Waals surface area contributed by atoms with E-state index in [1.165, 1.54) is 54.4 Å². The number of nitrogens with one attached hydrogen (secondary N) is 2. The number of halogens is 1. The monoisotopic (exact) mass is 894 g/mol. The van der Waals surface area contributed by atoms with Crippen LogP contribution in [0.15, 0.2) is 113 Å². The van der Waals surface area contributed by atoms with E-state index in [2.05, 4.69) is 70.4 Å². The molecule has 5 aromatic rings. The standard InChI is InChI=1S/C52H63ClN2O7S/c1-34(61-45-26-17-37(31-50(3,4)5)29-38(45)32-51(6,7)8)27-28-54-44-30-43(55-35(2)56)47(53)46(49(57)52(9,10)11)48(44)62-40-20-24-42(25-21-40)63(58,59)41-22-18-39(19-23-41)60-33-36-15-13-12-14-16-36/h12-26,29-30,34,54H,27-28,31-33H2,1-11H3,(H,55,56). The molecule has 0 aliphatic rings. The number of anilines is 2. The number of ketones is 1. The number of sulfone groups is 1. The van der Waals surface area contributed by atoms with Gasteiger partial charge in [-0.05, 0) is 108 Å². The van der Waals surface area contributed by atoms with Crippen molar-refractivity contribution in [2.24, 2.45) is 16.2 Å². The van der Waals surface area contributed by atoms with Gasteiger partial charge in [-0.1, -0.05) is 116 Å². The molecule has 1 atom stereocenters. The number of benzene rings is 5. The fourth-order valence-corrected chi connectivity index (χ4v) is 8.53. The van der Waals surface area contributed by atoms with Gasteiger partial charge in [0.2, 0.25) is 15.7 Å². The molecule has 336 valence electrons. The number of Topliss-reactive ketones (excluding diaryl/α,β-unsaturated/α-hetero) is 1. The summed E-state index contributed by atoms with van der Waals surface area (Å²) in [6.07, 6.45) is 2.20. The van der Waals surface area contributed by atoms with Crippen LogP contribution < -0.4 is 24.8 Å². The van der Waals surface area contributed by atoms with Crippen LogP contribution in [-0.4, -0.2) is 32.8 Å². The first-order valence-corrected chi connectivity index (χ1v) is 23.3. The second-order valence-electron chi connectivity index (χ2n) is 19.6. The molecule has 1 unspecified atom stereocenters. The average Bonchev–Trinajstić information content (AvgIpc) is 3.18. The van der Waals surface area contributed by atoms with Gasteiger partial charge in [0.05, 0.1) is 37.9 Å². The summed E-state index contributed by atoms with van der Waals surface area (Å²) in [5, 5.41) is 6.22. The van der Waals surface area contributed by atoms with Crippen molar-refractivity contribution < 1.29 is 32.2 Å². The van der Waals surface area contributed by atoms with Crippen molar-refractivity contribution in [1.82, 2.24) is 0 Å². The molecule has 2 N–H and O–H groups in total. The lowest BCUT2D eigenvalue weighted by atomic mass is 9.84. The number of carbonyl (C=O) groups excluding carboxylic acids is 2. The van der Waals surface area contributed by atoms with Crippen molar-refractivity contribution in [3.63, 3.8) is 0 Å². The van der Waals surface area contributed by atoms with Gasteiger partial charge >= 0.3 is 0 Å². The highest BCUT2D eigenvalue weighted by atomic mass is 35.5. The maximum absolute atomic E-state index is 14.2. The third kappa shape index (κ3) is 13.8. The summed E-state index contributed by atoms with van der Waals surface area (Å²) in [5.74, 6) is 1.14. The van der Waals surface area contributed by atoms with Crippen LogP contribution in [0.1, 0.15) is 110 Å². The largest absolute Gasteiger partial charge is 0.490 e. The quantitative estimate of drug-likeness (QED) is 0.0886. The van der Waals surface area contributed by atoms with Crippen LogP contribution in [-0.2, 0) is 34.1 Å². The van der Waals surface area contributed by atoms with E-state index in [0.29, 0.717) is 31.0 Å². The van der Waals surface area contributed by atoms with Crippen LogP contribution in [0.25, 0.3) is 0 Å². The summed E-state index contributed by atoms with van der Waals surface area (Å²) < 4.78 is 46.3. The minimum atomic E-state index is -3.90. The lowest BCUT2D eigenvalue weighted by Crippen LogP contribution is -2.23. The first-order chi connectivity index (χ1) is 29.4. The second kappa shape index (κ2) is 20.0. The molecule has 0 fully saturated rings. The van der Waals surface area contributed by atoms with Gasteiger partial charge in [0, 0.05) is 25.3 Å². The van der Waals surface area contributed by atoms with E-state index in [1.54, 1.807) is 39.0 Å². The molecule has 0 aliphatic carbocycles. The summed E-state index contributed by atoms with van der Waals surface area (Å²) in [6.45, 7) is 22.9. The zero-order chi connectivity index (χ0) is 46.3. The van der Waals surface area contributed by atoms with Crippen LogP contribution in [0, 0.1) is 16.2 Å². The Kier molecular flexibility index (Phi) is 15.5. The summed E-state index contributed by atoms with van der Waals surface area (Å²) in [6, 6.07) is 30.1. The molecule has 11 heteroatoms. The molecule has 9 nitrogen and oxygen atoms in total. The molecule has 5 rings (SSSR count). The lowest BCUT2D eigenvalue weighted by molar-refractivity contribution is -0.114. The molecular formula is C52H63ClN2O7S. The van der Waals surface area contributed by atoms with Crippen molar-refractivity contribution in [2.45, 2.75) is 118 Å². The third-order valence-electron chi connectivity index (χ3n) is 9.95. The van der Waals surface area contributed by atoms with E-state index < -0.39 is 15.3 Å². The Hall–Kier alpha value is -5.32. The number of amides is 1. The second-order valence-corrected chi connectivity index (χ2v) is 22.0. The first kappa shape index (κ1) is 48.7. The summed E-state index contributed by atoms with van der Waals surface area (Å²) in [5.41, 5.74) is 3.51. The highest BCUT2D eigenvalue weighted by Gasteiger charge is 2.32. The summed E-state index contributed by atoms with van der Waals surface area (Å²) >= 11 is 6.94. The summed E-state index contributed by atoms with van der Waals surface area (Å²) in [7, 11) is -3.90. The van der Waals surface area contributed by atoms with E-state index in [0.717, 1.165) is 24.2 Å². The van der Waals surface area contributed by atoms with Gasteiger partial charge < -0.3 is 24.8 Å². The normalized spacial score (nSPS) is 12.6. The van der Waals surface area contributed by atoms with Crippen LogP contribution in [0.2, 0.25) is 5.02 Å². The molecule has 1 amide bonds. The van der Waals surface area contributed by atoms with Crippen molar-refractivity contribution in [3.05, 3.63) is 130 Å². The van der Waals surface area contributed by atoms with Crippen LogP contribution in [0.5, 0.6) is 23.0 Å². The van der Waals surface area contributed by atoms with Gasteiger partial charge in [-0.2, -0.15) is 0 Å². The number of carbonyl (C=O) groups is 2. The molecule has 0 radical (unpaired) electrons. The van der Waals surface area contributed by atoms with E-state index in [4.69, 9.17) is 25.8 Å². The Labute approximate surface area is 379 Å². The molecule has 63 heavy (non-hydrogen) atoms. The average molecular weight is 896 g/mol. The van der Waals surface area contributed by atoms with Crippen molar-refractivity contribution >= 4 is 44.5 Å². The number of ether oxygens (including phenoxy) is 3. The number of rotatable bonds is 17. The maximum atomic E-state index is 14.2. The van der Waals surface area contributed by atoms with Crippen molar-refractivity contribution in [2.75, 3.05) is 17.2 Å². The summed E-state index contributed by atoms with van der Waals surface area (Å²) in [4.78, 5) is 26.7. The Morgan fingerprint density at radius 2 is 1.30 bits per heavy atom. The molecule has 0 bridgehead atoms. The fourth-order valence-electron chi connectivity index (χ4n) is 7.00. The van der Waals surface area contributed by atoms with Gasteiger partial charge in [-0.25, -0.2) is 8.42 Å². The SMILES string of the molecule is CC(=O)Nc1cc(NCCC(C)Oc2ccc(CC(C)(C)C)cc2CC(C)(C)C)c(Oc2ccc(S(=O)(=O)c3ccc(OCc4ccccc4)cc3)cc2)c(C(=O)C(C)(C)C)c1Cl. The molecule has 0 heterocycles. The highest BCUT2D eigenvalue weighted by Crippen LogP contribution is 2.45. The molecule has 0 aromatic heterocycles. The fraction of sp³-hybridized carbons (Fsp3) is 0.385. The van der Waals surface area contributed by atoms with Crippen LogP contribution in [0.3, 0.4) is 0 Å². The van der Waals surface area contributed by atoms with Crippen molar-refractivity contribution in [3.8, 4) is 23.0 Å². The van der Waals surface area contributed by atoms with Crippen LogP contribution in [0.4, 0.5) is 11.4 Å². The Balaban J connectivity index is 1.40.